The molecule has 1 amide bonds. The Bertz CT molecular complexity index is 520. The van der Waals surface area contributed by atoms with Crippen LogP contribution < -0.4 is 10.6 Å². The van der Waals surface area contributed by atoms with Gasteiger partial charge in [-0.15, -0.1) is 0 Å². The van der Waals surface area contributed by atoms with Crippen LogP contribution >= 0.6 is 0 Å². The van der Waals surface area contributed by atoms with Crippen molar-refractivity contribution in [2.75, 3.05) is 5.32 Å². The van der Waals surface area contributed by atoms with Crippen molar-refractivity contribution in [2.45, 2.75) is 19.9 Å². The Hall–Kier alpha value is -2.29. The number of hydrogen-bond donors (Lipinski definition) is 2. The highest BCUT2D eigenvalue weighted by molar-refractivity contribution is 5.75. The molecule has 3 nitrogen and oxygen atoms in total. The van der Waals surface area contributed by atoms with Gasteiger partial charge in [-0.3, -0.25) is 4.79 Å². The van der Waals surface area contributed by atoms with E-state index in [1.54, 1.807) is 0 Å². The van der Waals surface area contributed by atoms with E-state index >= 15 is 0 Å². The van der Waals surface area contributed by atoms with E-state index in [0.29, 0.717) is 13.0 Å². The first kappa shape index (κ1) is 13.1. The molecule has 0 unspecified atom stereocenters. The Kier molecular flexibility index (Phi) is 4.56. The van der Waals surface area contributed by atoms with Crippen molar-refractivity contribution in [3.8, 4) is 0 Å². The average Bonchev–Trinajstić information content (AvgIpc) is 2.47. The first-order valence-corrected chi connectivity index (χ1v) is 6.45. The van der Waals surface area contributed by atoms with Crippen LogP contribution in [-0.4, -0.2) is 5.91 Å². The molecule has 98 valence electrons. The molecule has 0 aliphatic carbocycles. The molecular weight excluding hydrogens is 236 g/mol. The minimum Gasteiger partial charge on any atom is -0.356 e. The number of para-hydroxylation sites is 1. The molecular formula is C16H18N2O. The summed E-state index contributed by atoms with van der Waals surface area (Å²) < 4.78 is 0. The third kappa shape index (κ3) is 4.14. The summed E-state index contributed by atoms with van der Waals surface area (Å²) in [6.45, 7) is 2.43. The van der Waals surface area contributed by atoms with Crippen LogP contribution in [0.15, 0.2) is 54.6 Å². The van der Waals surface area contributed by atoms with E-state index in [1.807, 2.05) is 61.5 Å². The molecule has 0 aromatic heterocycles. The van der Waals surface area contributed by atoms with E-state index in [2.05, 4.69) is 10.6 Å². The van der Waals surface area contributed by atoms with Crippen LogP contribution in [0.3, 0.4) is 0 Å². The summed E-state index contributed by atoms with van der Waals surface area (Å²) in [7, 11) is 0. The van der Waals surface area contributed by atoms with Crippen molar-refractivity contribution in [1.29, 1.82) is 0 Å². The fourth-order valence-corrected chi connectivity index (χ4v) is 1.72. The fraction of sp³-hybridized carbons (Fsp3) is 0.188. The fourth-order valence-electron chi connectivity index (χ4n) is 1.72. The van der Waals surface area contributed by atoms with Gasteiger partial charge in [-0.25, -0.2) is 0 Å². The van der Waals surface area contributed by atoms with Crippen LogP contribution in [0.25, 0.3) is 0 Å². The summed E-state index contributed by atoms with van der Waals surface area (Å²) in [6.07, 6.45) is 0.521. The Morgan fingerprint density at radius 2 is 1.58 bits per heavy atom. The second kappa shape index (κ2) is 6.59. The van der Waals surface area contributed by atoms with E-state index in [0.717, 1.165) is 16.9 Å². The molecule has 2 N–H and O–H groups in total. The molecule has 2 rings (SSSR count). The van der Waals surface area contributed by atoms with Gasteiger partial charge < -0.3 is 10.6 Å². The highest BCUT2D eigenvalue weighted by Gasteiger charge is 1.98. The summed E-state index contributed by atoms with van der Waals surface area (Å²) >= 11 is 0. The van der Waals surface area contributed by atoms with Crippen molar-refractivity contribution in [3.63, 3.8) is 0 Å². The molecule has 0 aliphatic heterocycles. The number of benzene rings is 2. The largest absolute Gasteiger partial charge is 0.356 e. The van der Waals surface area contributed by atoms with E-state index in [9.17, 15) is 4.79 Å². The molecule has 0 aliphatic rings. The molecule has 2 aromatic carbocycles. The quantitative estimate of drug-likeness (QED) is 0.858. The van der Waals surface area contributed by atoms with Gasteiger partial charge in [0.05, 0.1) is 0 Å². The van der Waals surface area contributed by atoms with Gasteiger partial charge in [0, 0.05) is 24.3 Å². The molecule has 0 bridgehead atoms. The molecule has 0 heterocycles. The van der Waals surface area contributed by atoms with Crippen molar-refractivity contribution >= 4 is 17.3 Å². The Labute approximate surface area is 113 Å². The van der Waals surface area contributed by atoms with Crippen LogP contribution in [0.1, 0.15) is 18.9 Å². The number of anilines is 2. The van der Waals surface area contributed by atoms with Gasteiger partial charge in [-0.1, -0.05) is 37.3 Å². The zero-order chi connectivity index (χ0) is 13.5. The first-order chi connectivity index (χ1) is 9.28. The van der Waals surface area contributed by atoms with Crippen molar-refractivity contribution < 1.29 is 4.79 Å². The second-order valence-corrected chi connectivity index (χ2v) is 4.32. The molecule has 0 radical (unpaired) electrons. The van der Waals surface area contributed by atoms with Crippen molar-refractivity contribution in [3.05, 3.63) is 60.2 Å². The van der Waals surface area contributed by atoms with Gasteiger partial charge in [0.2, 0.25) is 5.91 Å². The first-order valence-electron chi connectivity index (χ1n) is 6.45. The van der Waals surface area contributed by atoms with E-state index in [-0.39, 0.29) is 5.91 Å². The summed E-state index contributed by atoms with van der Waals surface area (Å²) in [5.41, 5.74) is 3.20. The van der Waals surface area contributed by atoms with Gasteiger partial charge in [0.25, 0.3) is 0 Å². The zero-order valence-electron chi connectivity index (χ0n) is 11.0. The lowest BCUT2D eigenvalue weighted by atomic mass is 10.2. The molecule has 2 aromatic rings. The van der Waals surface area contributed by atoms with Crippen LogP contribution in [0.5, 0.6) is 0 Å². The minimum atomic E-state index is 0.0755. The van der Waals surface area contributed by atoms with Gasteiger partial charge >= 0.3 is 0 Å². The third-order valence-electron chi connectivity index (χ3n) is 2.83. The Balaban J connectivity index is 1.93. The highest BCUT2D eigenvalue weighted by atomic mass is 16.1. The van der Waals surface area contributed by atoms with Crippen molar-refractivity contribution in [1.82, 2.24) is 5.32 Å². The maximum Gasteiger partial charge on any atom is 0.219 e. The van der Waals surface area contributed by atoms with Crippen molar-refractivity contribution in [2.24, 2.45) is 0 Å². The predicted octanol–water partition coefficient (Wildman–Crippen LogP) is 3.46. The lowest BCUT2D eigenvalue weighted by Gasteiger charge is -2.08. The highest BCUT2D eigenvalue weighted by Crippen LogP contribution is 2.16. The van der Waals surface area contributed by atoms with Crippen LogP contribution in [0.2, 0.25) is 0 Å². The number of carbonyl (C=O) groups is 1. The zero-order valence-corrected chi connectivity index (χ0v) is 11.0. The lowest BCUT2D eigenvalue weighted by Crippen LogP contribution is -2.21. The lowest BCUT2D eigenvalue weighted by molar-refractivity contribution is -0.120. The van der Waals surface area contributed by atoms with Crippen LogP contribution in [-0.2, 0) is 11.3 Å². The van der Waals surface area contributed by atoms with E-state index < -0.39 is 0 Å². The number of carbonyl (C=O) groups excluding carboxylic acids is 1. The number of rotatable bonds is 5. The van der Waals surface area contributed by atoms with Gasteiger partial charge in [-0.05, 0) is 29.8 Å². The standard InChI is InChI=1S/C16H18N2O/c1-2-16(19)17-12-13-8-10-15(11-9-13)18-14-6-4-3-5-7-14/h3-11,18H,2,12H2,1H3,(H,17,19). The number of amides is 1. The third-order valence-corrected chi connectivity index (χ3v) is 2.83. The summed E-state index contributed by atoms with van der Waals surface area (Å²) in [6, 6.07) is 18.1. The van der Waals surface area contributed by atoms with Gasteiger partial charge in [0.15, 0.2) is 0 Å². The Morgan fingerprint density at radius 1 is 0.947 bits per heavy atom. The molecule has 3 heteroatoms. The molecule has 0 spiro atoms. The van der Waals surface area contributed by atoms with E-state index in [1.165, 1.54) is 0 Å². The predicted molar refractivity (Wildman–Crippen MR) is 78.3 cm³/mol. The second-order valence-electron chi connectivity index (χ2n) is 4.32. The van der Waals surface area contributed by atoms with E-state index in [4.69, 9.17) is 0 Å². The summed E-state index contributed by atoms with van der Waals surface area (Å²) in [5.74, 6) is 0.0755. The Morgan fingerprint density at radius 3 is 2.21 bits per heavy atom. The molecule has 0 fully saturated rings. The smallest absolute Gasteiger partial charge is 0.219 e. The average molecular weight is 254 g/mol. The summed E-state index contributed by atoms with van der Waals surface area (Å²) in [4.78, 5) is 11.2. The minimum absolute atomic E-state index is 0.0755. The number of nitrogens with one attached hydrogen (secondary N) is 2. The van der Waals surface area contributed by atoms with Gasteiger partial charge in [0.1, 0.15) is 0 Å². The SMILES string of the molecule is CCC(=O)NCc1ccc(Nc2ccccc2)cc1. The summed E-state index contributed by atoms with van der Waals surface area (Å²) in [5, 5.41) is 6.18. The molecule has 0 saturated heterocycles. The monoisotopic (exact) mass is 254 g/mol. The molecule has 0 atom stereocenters. The maximum atomic E-state index is 11.2. The van der Waals surface area contributed by atoms with Gasteiger partial charge in [-0.2, -0.15) is 0 Å². The maximum absolute atomic E-state index is 11.2. The van der Waals surface area contributed by atoms with Crippen LogP contribution in [0, 0.1) is 0 Å². The number of hydrogen-bond acceptors (Lipinski definition) is 2. The topological polar surface area (TPSA) is 41.1 Å². The molecule has 0 saturated carbocycles. The normalized spacial score (nSPS) is 9.95. The molecule has 19 heavy (non-hydrogen) atoms. The van der Waals surface area contributed by atoms with Crippen LogP contribution in [0.4, 0.5) is 11.4 Å².